The van der Waals surface area contributed by atoms with Gasteiger partial charge < -0.3 is 10.2 Å². The molecule has 2 rings (SSSR count). The van der Waals surface area contributed by atoms with Gasteiger partial charge in [-0.2, -0.15) is 13.2 Å². The molecule has 1 aromatic rings. The number of amides is 2. The fraction of sp³-hybridized carbons (Fsp3) is 0.444. The Morgan fingerprint density at radius 2 is 1.96 bits per heavy atom. The summed E-state index contributed by atoms with van der Waals surface area (Å²) in [7, 11) is 0. The van der Waals surface area contributed by atoms with Crippen molar-refractivity contribution in [1.82, 2.24) is 4.90 Å². The number of hydrogen-bond acceptors (Lipinski definition) is 2. The average Bonchev–Trinajstić information content (AvgIpc) is 2.59. The van der Waals surface area contributed by atoms with E-state index in [4.69, 9.17) is 0 Å². The van der Waals surface area contributed by atoms with Crippen LogP contribution in [0.15, 0.2) is 36.4 Å². The summed E-state index contributed by atoms with van der Waals surface area (Å²) in [5, 5.41) is 2.27. The molecule has 0 saturated heterocycles. The molecule has 0 aliphatic heterocycles. The van der Waals surface area contributed by atoms with Crippen molar-refractivity contribution in [3.05, 3.63) is 42.0 Å². The molecule has 0 fully saturated rings. The van der Waals surface area contributed by atoms with Crippen LogP contribution in [-0.4, -0.2) is 29.8 Å². The maximum Gasteiger partial charge on any atom is 0.418 e. The number of hydrogen-bond donors (Lipinski definition) is 1. The van der Waals surface area contributed by atoms with Crippen molar-refractivity contribution in [3.8, 4) is 0 Å². The predicted molar refractivity (Wildman–Crippen MR) is 88.8 cm³/mol. The highest BCUT2D eigenvalue weighted by atomic mass is 19.4. The highest BCUT2D eigenvalue weighted by Crippen LogP contribution is 2.34. The number of nitrogens with one attached hydrogen (secondary N) is 1. The van der Waals surface area contributed by atoms with E-state index < -0.39 is 17.6 Å². The standard InChI is InChI=1S/C18H21F3N2O2/c1-2-23(17(25)13-8-4-3-5-9-13)12-16(24)22-15-11-7-6-10-14(15)18(19,20)21/h3-4,6-7,10-11,13H,2,5,8-9,12H2,1H3,(H,22,24)/t13-/m1/s1. The number of para-hydroxylation sites is 1. The van der Waals surface area contributed by atoms with E-state index >= 15 is 0 Å². The van der Waals surface area contributed by atoms with Crippen LogP contribution >= 0.6 is 0 Å². The van der Waals surface area contributed by atoms with Crippen LogP contribution in [0.2, 0.25) is 0 Å². The number of halogens is 3. The third-order valence-electron chi connectivity index (χ3n) is 4.15. The van der Waals surface area contributed by atoms with E-state index in [1.54, 1.807) is 6.92 Å². The van der Waals surface area contributed by atoms with E-state index in [0.717, 1.165) is 18.9 Å². The number of nitrogens with zero attached hydrogens (tertiary/aromatic N) is 1. The van der Waals surface area contributed by atoms with E-state index in [-0.39, 0.29) is 24.1 Å². The molecule has 0 unspecified atom stereocenters. The van der Waals surface area contributed by atoms with Crippen LogP contribution in [0.5, 0.6) is 0 Å². The van der Waals surface area contributed by atoms with Gasteiger partial charge in [0.2, 0.25) is 11.8 Å². The van der Waals surface area contributed by atoms with Gasteiger partial charge in [-0.25, -0.2) is 0 Å². The number of carbonyl (C=O) groups is 2. The molecule has 7 heteroatoms. The summed E-state index contributed by atoms with van der Waals surface area (Å²) in [5.41, 5.74) is -1.21. The zero-order chi connectivity index (χ0) is 18.4. The summed E-state index contributed by atoms with van der Waals surface area (Å²) < 4.78 is 38.9. The van der Waals surface area contributed by atoms with E-state index in [1.165, 1.54) is 23.1 Å². The van der Waals surface area contributed by atoms with Crippen molar-refractivity contribution in [2.45, 2.75) is 32.4 Å². The maximum absolute atomic E-state index is 13.0. The third kappa shape index (κ3) is 5.08. The van der Waals surface area contributed by atoms with E-state index in [9.17, 15) is 22.8 Å². The Morgan fingerprint density at radius 3 is 2.56 bits per heavy atom. The molecule has 0 aromatic heterocycles. The molecule has 1 atom stereocenters. The van der Waals surface area contributed by atoms with Gasteiger partial charge in [-0.15, -0.1) is 0 Å². The average molecular weight is 354 g/mol. The smallest absolute Gasteiger partial charge is 0.333 e. The second-order valence-corrected chi connectivity index (χ2v) is 5.93. The van der Waals surface area contributed by atoms with Crippen molar-refractivity contribution in [1.29, 1.82) is 0 Å². The molecule has 0 saturated carbocycles. The highest BCUT2D eigenvalue weighted by molar-refractivity contribution is 5.95. The Morgan fingerprint density at radius 1 is 1.24 bits per heavy atom. The molecule has 25 heavy (non-hydrogen) atoms. The summed E-state index contributed by atoms with van der Waals surface area (Å²) in [6.45, 7) is 1.81. The molecule has 136 valence electrons. The SMILES string of the molecule is CCN(CC(=O)Nc1ccccc1C(F)(F)F)C(=O)[C@@H]1CC=CCC1. The zero-order valence-electron chi connectivity index (χ0n) is 14.0. The molecular weight excluding hydrogens is 333 g/mol. The van der Waals surface area contributed by atoms with Gasteiger partial charge >= 0.3 is 6.18 Å². The number of allylic oxidation sites excluding steroid dienone is 2. The predicted octanol–water partition coefficient (Wildman–Crippen LogP) is 3.85. The van der Waals surface area contributed by atoms with E-state index in [0.29, 0.717) is 13.0 Å². The largest absolute Gasteiger partial charge is 0.418 e. The Kier molecular flexibility index (Phi) is 6.22. The molecule has 1 N–H and O–H groups in total. The maximum atomic E-state index is 13.0. The lowest BCUT2D eigenvalue weighted by Crippen LogP contribution is -2.41. The van der Waals surface area contributed by atoms with Crippen LogP contribution in [0.1, 0.15) is 31.7 Å². The van der Waals surface area contributed by atoms with E-state index in [1.807, 2.05) is 12.2 Å². The van der Waals surface area contributed by atoms with Crippen LogP contribution in [0.25, 0.3) is 0 Å². The Balaban J connectivity index is 2.03. The van der Waals surface area contributed by atoms with Crippen molar-refractivity contribution in [3.63, 3.8) is 0 Å². The number of benzene rings is 1. The monoisotopic (exact) mass is 354 g/mol. The van der Waals surface area contributed by atoms with Crippen LogP contribution < -0.4 is 5.32 Å². The Labute approximate surface area is 144 Å². The van der Waals surface area contributed by atoms with Gasteiger partial charge in [-0.05, 0) is 38.3 Å². The van der Waals surface area contributed by atoms with Crippen molar-refractivity contribution in [2.24, 2.45) is 5.92 Å². The molecule has 1 aliphatic rings. The van der Waals surface area contributed by atoms with Gasteiger partial charge in [0.15, 0.2) is 0 Å². The van der Waals surface area contributed by atoms with Crippen molar-refractivity contribution >= 4 is 17.5 Å². The molecule has 1 aliphatic carbocycles. The molecule has 0 heterocycles. The minimum atomic E-state index is -4.56. The van der Waals surface area contributed by atoms with Gasteiger partial charge in [0.05, 0.1) is 17.8 Å². The summed E-state index contributed by atoms with van der Waals surface area (Å²) in [4.78, 5) is 26.0. The Hall–Kier alpha value is -2.31. The van der Waals surface area contributed by atoms with Crippen LogP contribution in [0.4, 0.5) is 18.9 Å². The third-order valence-corrected chi connectivity index (χ3v) is 4.15. The molecule has 2 amide bonds. The number of carbonyl (C=O) groups excluding carboxylic acids is 2. The lowest BCUT2D eigenvalue weighted by Gasteiger charge is -2.26. The normalized spacial score (nSPS) is 17.2. The molecule has 0 radical (unpaired) electrons. The molecule has 0 spiro atoms. The topological polar surface area (TPSA) is 49.4 Å². The fourth-order valence-corrected chi connectivity index (χ4v) is 2.82. The summed E-state index contributed by atoms with van der Waals surface area (Å²) >= 11 is 0. The molecule has 1 aromatic carbocycles. The Bertz CT molecular complexity index is 656. The van der Waals surface area contributed by atoms with Gasteiger partial charge in [0.25, 0.3) is 0 Å². The highest BCUT2D eigenvalue weighted by Gasteiger charge is 2.33. The minimum absolute atomic E-state index is 0.133. The van der Waals surface area contributed by atoms with Crippen LogP contribution in [-0.2, 0) is 15.8 Å². The molecular formula is C18H21F3N2O2. The van der Waals surface area contributed by atoms with Crippen LogP contribution in [0, 0.1) is 5.92 Å². The van der Waals surface area contributed by atoms with Gasteiger partial charge in [0.1, 0.15) is 0 Å². The number of alkyl halides is 3. The van der Waals surface area contributed by atoms with Gasteiger partial charge in [-0.1, -0.05) is 24.3 Å². The zero-order valence-corrected chi connectivity index (χ0v) is 14.0. The lowest BCUT2D eigenvalue weighted by atomic mass is 9.93. The van der Waals surface area contributed by atoms with Crippen LogP contribution in [0.3, 0.4) is 0 Å². The molecule has 0 bridgehead atoms. The summed E-state index contributed by atoms with van der Waals surface area (Å²) in [5.74, 6) is -0.940. The molecule has 4 nitrogen and oxygen atoms in total. The fourth-order valence-electron chi connectivity index (χ4n) is 2.82. The number of likely N-dealkylation sites (N-methyl/N-ethyl adjacent to an activating group) is 1. The first-order valence-electron chi connectivity index (χ1n) is 8.22. The quantitative estimate of drug-likeness (QED) is 0.817. The number of rotatable bonds is 5. The first kappa shape index (κ1) is 19.0. The van der Waals surface area contributed by atoms with Crippen molar-refractivity contribution < 1.29 is 22.8 Å². The van der Waals surface area contributed by atoms with E-state index in [2.05, 4.69) is 5.32 Å². The van der Waals surface area contributed by atoms with Gasteiger partial charge in [0, 0.05) is 12.5 Å². The second kappa shape index (κ2) is 8.18. The summed E-state index contributed by atoms with van der Waals surface area (Å²) in [6.07, 6.45) is 1.58. The second-order valence-electron chi connectivity index (χ2n) is 5.93. The summed E-state index contributed by atoms with van der Waals surface area (Å²) in [6, 6.07) is 4.79. The van der Waals surface area contributed by atoms with Gasteiger partial charge in [-0.3, -0.25) is 9.59 Å². The lowest BCUT2D eigenvalue weighted by molar-refractivity contribution is -0.139. The number of anilines is 1. The first-order chi connectivity index (χ1) is 11.8. The van der Waals surface area contributed by atoms with Crippen molar-refractivity contribution in [2.75, 3.05) is 18.4 Å². The first-order valence-corrected chi connectivity index (χ1v) is 8.22. The minimum Gasteiger partial charge on any atom is -0.333 e.